The molecule has 104 valence electrons. The van der Waals surface area contributed by atoms with Crippen LogP contribution in [-0.4, -0.2) is 11.7 Å². The molecule has 2 N–H and O–H groups in total. The fourth-order valence-corrected chi connectivity index (χ4v) is 3.61. The molecule has 1 aromatic rings. The summed E-state index contributed by atoms with van der Waals surface area (Å²) in [5.74, 6) is 0.260. The number of benzene rings is 1. The van der Waals surface area contributed by atoms with Gasteiger partial charge in [0.05, 0.1) is 8.95 Å². The highest BCUT2D eigenvalue weighted by Crippen LogP contribution is 2.33. The maximum atomic E-state index is 9.65. The van der Waals surface area contributed by atoms with Gasteiger partial charge in [-0.2, -0.15) is 0 Å². The molecule has 0 aliphatic heterocycles. The predicted octanol–water partition coefficient (Wildman–Crippen LogP) is 4.90. The maximum Gasteiger partial charge on any atom is 0.143 e. The second-order valence-corrected chi connectivity index (χ2v) is 6.65. The van der Waals surface area contributed by atoms with Crippen LogP contribution in [0.25, 0.3) is 0 Å². The Morgan fingerprint density at radius 2 is 1.89 bits per heavy atom. The van der Waals surface area contributed by atoms with E-state index in [0.29, 0.717) is 0 Å². The molecule has 4 heteroatoms. The van der Waals surface area contributed by atoms with Gasteiger partial charge in [-0.1, -0.05) is 11.6 Å². The lowest BCUT2D eigenvalue weighted by Crippen LogP contribution is -2.15. The molecule has 0 aromatic heterocycles. The Hall–Kier alpha value is -0.320. The number of nitrogens with one attached hydrogen (secondary N) is 1. The molecule has 2 nitrogen and oxygen atoms in total. The first kappa shape index (κ1) is 15.1. The summed E-state index contributed by atoms with van der Waals surface area (Å²) in [7, 11) is 0. The highest BCUT2D eigenvalue weighted by atomic mass is 79.9. The number of allylic oxidation sites excluding steroid dienone is 1. The van der Waals surface area contributed by atoms with E-state index in [0.717, 1.165) is 34.0 Å². The molecule has 0 amide bonds. The largest absolute Gasteiger partial charge is 0.506 e. The molecular formula is C15H19Br2NO. The van der Waals surface area contributed by atoms with Crippen molar-refractivity contribution in [2.75, 3.05) is 6.54 Å². The number of rotatable bonds is 5. The van der Waals surface area contributed by atoms with Crippen LogP contribution in [0.5, 0.6) is 5.75 Å². The van der Waals surface area contributed by atoms with Gasteiger partial charge in [-0.25, -0.2) is 0 Å². The van der Waals surface area contributed by atoms with Gasteiger partial charge in [0.2, 0.25) is 0 Å². The van der Waals surface area contributed by atoms with E-state index in [-0.39, 0.29) is 5.75 Å². The highest BCUT2D eigenvalue weighted by molar-refractivity contribution is 9.11. The number of halogens is 2. The Bertz CT molecular complexity index is 448. The lowest BCUT2D eigenvalue weighted by molar-refractivity contribution is 0.468. The number of phenols is 1. The van der Waals surface area contributed by atoms with E-state index < -0.39 is 0 Å². The molecule has 0 atom stereocenters. The second-order valence-electron chi connectivity index (χ2n) is 4.94. The molecule has 0 heterocycles. The summed E-state index contributed by atoms with van der Waals surface area (Å²) in [6.07, 6.45) is 8.79. The maximum absolute atomic E-state index is 9.65. The van der Waals surface area contributed by atoms with Gasteiger partial charge in [-0.15, -0.1) is 0 Å². The molecule has 0 saturated carbocycles. The van der Waals surface area contributed by atoms with Crippen LogP contribution in [0.3, 0.4) is 0 Å². The van der Waals surface area contributed by atoms with Crippen LogP contribution in [0.4, 0.5) is 0 Å². The summed E-state index contributed by atoms with van der Waals surface area (Å²) in [5, 5.41) is 13.1. The van der Waals surface area contributed by atoms with E-state index in [1.54, 1.807) is 5.57 Å². The van der Waals surface area contributed by atoms with Crippen molar-refractivity contribution in [1.82, 2.24) is 5.32 Å². The minimum absolute atomic E-state index is 0.260. The zero-order valence-corrected chi connectivity index (χ0v) is 14.1. The molecule has 0 spiro atoms. The lowest BCUT2D eigenvalue weighted by atomic mass is 9.97. The standard InChI is InChI=1S/C15H19Br2NO/c16-13-8-12(9-14(17)15(13)19)10-18-7-6-11-4-2-1-3-5-11/h4,8-9,18-19H,1-3,5-7,10H2. The third kappa shape index (κ3) is 4.62. The van der Waals surface area contributed by atoms with Gasteiger partial charge in [-0.3, -0.25) is 0 Å². The van der Waals surface area contributed by atoms with Crippen LogP contribution in [0.1, 0.15) is 37.7 Å². The van der Waals surface area contributed by atoms with Crippen molar-refractivity contribution in [2.45, 2.75) is 38.6 Å². The van der Waals surface area contributed by atoms with Crippen molar-refractivity contribution in [3.8, 4) is 5.75 Å². The number of hydrogen-bond donors (Lipinski definition) is 2. The number of aromatic hydroxyl groups is 1. The monoisotopic (exact) mass is 387 g/mol. The molecule has 0 saturated heterocycles. The summed E-state index contributed by atoms with van der Waals surface area (Å²) in [5.41, 5.74) is 2.76. The summed E-state index contributed by atoms with van der Waals surface area (Å²) in [6, 6.07) is 3.90. The molecule has 0 fully saturated rings. The van der Waals surface area contributed by atoms with E-state index >= 15 is 0 Å². The molecule has 1 aliphatic rings. The third-order valence-corrected chi connectivity index (χ3v) is 4.62. The van der Waals surface area contributed by atoms with Gasteiger partial charge in [-0.05, 0) is 88.2 Å². The molecule has 0 bridgehead atoms. The van der Waals surface area contributed by atoms with Crippen LogP contribution in [0.15, 0.2) is 32.7 Å². The van der Waals surface area contributed by atoms with Crippen molar-refractivity contribution >= 4 is 31.9 Å². The third-order valence-electron chi connectivity index (χ3n) is 3.41. The number of hydrogen-bond acceptors (Lipinski definition) is 2. The lowest BCUT2D eigenvalue weighted by Gasteiger charge is -2.13. The smallest absolute Gasteiger partial charge is 0.143 e. The first-order valence-electron chi connectivity index (χ1n) is 6.72. The zero-order valence-electron chi connectivity index (χ0n) is 10.9. The van der Waals surface area contributed by atoms with E-state index in [2.05, 4.69) is 43.3 Å². The van der Waals surface area contributed by atoms with Crippen LogP contribution < -0.4 is 5.32 Å². The second kappa shape index (κ2) is 7.46. The van der Waals surface area contributed by atoms with Gasteiger partial charge < -0.3 is 10.4 Å². The molecular weight excluding hydrogens is 370 g/mol. The van der Waals surface area contributed by atoms with Crippen LogP contribution in [0, 0.1) is 0 Å². The van der Waals surface area contributed by atoms with Gasteiger partial charge in [0.1, 0.15) is 5.75 Å². The normalized spacial score (nSPS) is 15.4. The average molecular weight is 389 g/mol. The Balaban J connectivity index is 1.78. The van der Waals surface area contributed by atoms with Crippen LogP contribution in [-0.2, 0) is 6.54 Å². The summed E-state index contributed by atoms with van der Waals surface area (Å²) in [6.45, 7) is 1.84. The molecule has 0 unspecified atom stereocenters. The van der Waals surface area contributed by atoms with E-state index in [4.69, 9.17) is 0 Å². The van der Waals surface area contributed by atoms with Crippen molar-refractivity contribution < 1.29 is 5.11 Å². The zero-order chi connectivity index (χ0) is 13.7. The molecule has 2 rings (SSSR count). The topological polar surface area (TPSA) is 32.3 Å². The predicted molar refractivity (Wildman–Crippen MR) is 86.4 cm³/mol. The quantitative estimate of drug-likeness (QED) is 0.555. The highest BCUT2D eigenvalue weighted by Gasteiger charge is 2.06. The Morgan fingerprint density at radius 3 is 2.53 bits per heavy atom. The van der Waals surface area contributed by atoms with E-state index in [1.807, 2.05) is 12.1 Å². The van der Waals surface area contributed by atoms with Crippen molar-refractivity contribution in [3.05, 3.63) is 38.3 Å². The minimum Gasteiger partial charge on any atom is -0.506 e. The van der Waals surface area contributed by atoms with Gasteiger partial charge in [0.25, 0.3) is 0 Å². The SMILES string of the molecule is Oc1c(Br)cc(CNCCC2=CCCCC2)cc1Br. The van der Waals surface area contributed by atoms with Crippen molar-refractivity contribution in [1.29, 1.82) is 0 Å². The molecule has 1 aromatic carbocycles. The fourth-order valence-electron chi connectivity index (χ4n) is 2.33. The van der Waals surface area contributed by atoms with Crippen molar-refractivity contribution in [2.24, 2.45) is 0 Å². The van der Waals surface area contributed by atoms with E-state index in [1.165, 1.54) is 25.7 Å². The first-order chi connectivity index (χ1) is 9.16. The molecule has 1 aliphatic carbocycles. The van der Waals surface area contributed by atoms with Crippen LogP contribution in [0.2, 0.25) is 0 Å². The number of phenolic OH excluding ortho intramolecular Hbond substituents is 1. The molecule has 19 heavy (non-hydrogen) atoms. The Labute approximate surface area is 131 Å². The summed E-state index contributed by atoms with van der Waals surface area (Å²) >= 11 is 6.70. The fraction of sp³-hybridized carbons (Fsp3) is 0.467. The van der Waals surface area contributed by atoms with Crippen molar-refractivity contribution in [3.63, 3.8) is 0 Å². The Kier molecular flexibility index (Phi) is 5.92. The van der Waals surface area contributed by atoms with E-state index in [9.17, 15) is 5.11 Å². The van der Waals surface area contributed by atoms with Crippen LogP contribution >= 0.6 is 31.9 Å². The first-order valence-corrected chi connectivity index (χ1v) is 8.31. The average Bonchev–Trinajstić information content (AvgIpc) is 2.42. The minimum atomic E-state index is 0.260. The van der Waals surface area contributed by atoms with Gasteiger partial charge >= 0.3 is 0 Å². The van der Waals surface area contributed by atoms with Gasteiger partial charge in [0.15, 0.2) is 0 Å². The summed E-state index contributed by atoms with van der Waals surface area (Å²) < 4.78 is 1.46. The Morgan fingerprint density at radius 1 is 1.16 bits per heavy atom. The summed E-state index contributed by atoms with van der Waals surface area (Å²) in [4.78, 5) is 0. The molecule has 0 radical (unpaired) electrons. The van der Waals surface area contributed by atoms with Gasteiger partial charge in [0, 0.05) is 6.54 Å².